The standard InChI is InChI=1S/C15H12ClNO3/c16-13-4-1-5-14(12(13)6-7-15(18)19)20-10-11-3-2-8-17-9-11/h1-9H,10H2,(H,18,19)/b7-6+. The molecule has 2 rings (SSSR count). The van der Waals surface area contributed by atoms with E-state index in [2.05, 4.69) is 4.98 Å². The number of hydrogen-bond donors (Lipinski definition) is 1. The van der Waals surface area contributed by atoms with Crippen LogP contribution in [-0.4, -0.2) is 16.1 Å². The van der Waals surface area contributed by atoms with Gasteiger partial charge >= 0.3 is 5.97 Å². The number of rotatable bonds is 5. The Morgan fingerprint density at radius 3 is 2.90 bits per heavy atom. The van der Waals surface area contributed by atoms with Gasteiger partial charge in [-0.3, -0.25) is 4.98 Å². The molecule has 2 aromatic rings. The fraction of sp³-hybridized carbons (Fsp3) is 0.0667. The number of hydrogen-bond acceptors (Lipinski definition) is 3. The summed E-state index contributed by atoms with van der Waals surface area (Å²) in [6.45, 7) is 0.335. The van der Waals surface area contributed by atoms with Gasteiger partial charge in [-0.05, 0) is 24.3 Å². The molecule has 0 aliphatic rings. The number of aromatic nitrogens is 1. The van der Waals surface area contributed by atoms with Crippen LogP contribution < -0.4 is 4.74 Å². The van der Waals surface area contributed by atoms with Gasteiger partial charge in [0.25, 0.3) is 0 Å². The Labute approximate surface area is 121 Å². The number of pyridine rings is 1. The summed E-state index contributed by atoms with van der Waals surface area (Å²) in [5, 5.41) is 9.12. The Bertz CT molecular complexity index is 626. The Hall–Kier alpha value is -2.33. The lowest BCUT2D eigenvalue weighted by Crippen LogP contribution is -1.98. The Kier molecular flexibility index (Phi) is 4.74. The van der Waals surface area contributed by atoms with E-state index in [1.54, 1.807) is 30.6 Å². The third-order valence-electron chi connectivity index (χ3n) is 2.52. The van der Waals surface area contributed by atoms with Crippen molar-refractivity contribution < 1.29 is 14.6 Å². The van der Waals surface area contributed by atoms with E-state index in [9.17, 15) is 4.79 Å². The lowest BCUT2D eigenvalue weighted by atomic mass is 10.2. The minimum atomic E-state index is -1.04. The van der Waals surface area contributed by atoms with Gasteiger partial charge in [0.15, 0.2) is 0 Å². The van der Waals surface area contributed by atoms with Crippen LogP contribution in [0, 0.1) is 0 Å². The van der Waals surface area contributed by atoms with Gasteiger partial charge in [-0.1, -0.05) is 23.7 Å². The largest absolute Gasteiger partial charge is 0.488 e. The molecule has 0 saturated heterocycles. The van der Waals surface area contributed by atoms with Crippen molar-refractivity contribution in [2.45, 2.75) is 6.61 Å². The molecule has 0 unspecified atom stereocenters. The first-order valence-corrected chi connectivity index (χ1v) is 6.26. The molecule has 20 heavy (non-hydrogen) atoms. The molecule has 0 spiro atoms. The molecule has 0 amide bonds. The number of carboxylic acids is 1. The van der Waals surface area contributed by atoms with Gasteiger partial charge in [0.2, 0.25) is 0 Å². The molecule has 1 aromatic carbocycles. The third kappa shape index (κ3) is 3.83. The van der Waals surface area contributed by atoms with E-state index in [-0.39, 0.29) is 0 Å². The monoisotopic (exact) mass is 289 g/mol. The quantitative estimate of drug-likeness (QED) is 0.857. The molecular weight excluding hydrogens is 278 g/mol. The van der Waals surface area contributed by atoms with E-state index in [1.807, 2.05) is 12.1 Å². The van der Waals surface area contributed by atoms with E-state index in [0.29, 0.717) is 22.9 Å². The molecular formula is C15H12ClNO3. The maximum atomic E-state index is 10.6. The van der Waals surface area contributed by atoms with Gasteiger partial charge in [-0.2, -0.15) is 0 Å². The number of aliphatic carboxylic acids is 1. The van der Waals surface area contributed by atoms with Crippen LogP contribution in [0.15, 0.2) is 48.8 Å². The minimum absolute atomic E-state index is 0.335. The first-order chi connectivity index (χ1) is 9.66. The second-order valence-corrected chi connectivity index (χ2v) is 4.38. The number of carbonyl (C=O) groups is 1. The van der Waals surface area contributed by atoms with Crippen molar-refractivity contribution in [3.63, 3.8) is 0 Å². The van der Waals surface area contributed by atoms with Gasteiger partial charge in [-0.25, -0.2) is 4.79 Å². The molecule has 1 heterocycles. The van der Waals surface area contributed by atoms with Crippen LogP contribution >= 0.6 is 11.6 Å². The Morgan fingerprint density at radius 2 is 2.20 bits per heavy atom. The smallest absolute Gasteiger partial charge is 0.328 e. The molecule has 0 bridgehead atoms. The number of halogens is 1. The van der Waals surface area contributed by atoms with Crippen LogP contribution in [-0.2, 0) is 11.4 Å². The summed E-state index contributed by atoms with van der Waals surface area (Å²) in [5.41, 5.74) is 1.46. The van der Waals surface area contributed by atoms with Gasteiger partial charge in [0, 0.05) is 29.6 Å². The Morgan fingerprint density at radius 1 is 1.35 bits per heavy atom. The van der Waals surface area contributed by atoms with E-state index in [1.165, 1.54) is 6.08 Å². The van der Waals surface area contributed by atoms with Crippen molar-refractivity contribution in [2.24, 2.45) is 0 Å². The molecule has 1 aromatic heterocycles. The first kappa shape index (κ1) is 14.1. The van der Waals surface area contributed by atoms with Crippen LogP contribution in [0.5, 0.6) is 5.75 Å². The summed E-state index contributed by atoms with van der Waals surface area (Å²) < 4.78 is 5.67. The number of benzene rings is 1. The van der Waals surface area contributed by atoms with Gasteiger partial charge in [-0.15, -0.1) is 0 Å². The molecule has 0 aliphatic carbocycles. The molecule has 0 aliphatic heterocycles. The minimum Gasteiger partial charge on any atom is -0.488 e. The molecule has 0 fully saturated rings. The van der Waals surface area contributed by atoms with Crippen LogP contribution in [0.2, 0.25) is 5.02 Å². The highest BCUT2D eigenvalue weighted by Gasteiger charge is 2.06. The average molecular weight is 290 g/mol. The molecule has 0 atom stereocenters. The van der Waals surface area contributed by atoms with Crippen molar-refractivity contribution in [3.05, 3.63) is 65.0 Å². The van der Waals surface area contributed by atoms with Crippen LogP contribution in [0.4, 0.5) is 0 Å². The van der Waals surface area contributed by atoms with Gasteiger partial charge in [0.1, 0.15) is 12.4 Å². The summed E-state index contributed by atoms with van der Waals surface area (Å²) in [6, 6.07) is 8.88. The maximum absolute atomic E-state index is 10.6. The summed E-state index contributed by atoms with van der Waals surface area (Å²) in [6.07, 6.45) is 5.84. The van der Waals surface area contributed by atoms with E-state index in [4.69, 9.17) is 21.4 Å². The normalized spacial score (nSPS) is 10.7. The average Bonchev–Trinajstić information content (AvgIpc) is 2.45. The summed E-state index contributed by atoms with van der Waals surface area (Å²) >= 11 is 6.06. The third-order valence-corrected chi connectivity index (χ3v) is 2.85. The molecule has 0 radical (unpaired) electrons. The zero-order valence-corrected chi connectivity index (χ0v) is 11.2. The van der Waals surface area contributed by atoms with Gasteiger partial charge in [0.05, 0.1) is 5.02 Å². The molecule has 4 nitrogen and oxygen atoms in total. The van der Waals surface area contributed by atoms with Crippen molar-refractivity contribution in [2.75, 3.05) is 0 Å². The molecule has 5 heteroatoms. The summed E-state index contributed by atoms with van der Waals surface area (Å²) in [5.74, 6) is -0.512. The topological polar surface area (TPSA) is 59.4 Å². The highest BCUT2D eigenvalue weighted by molar-refractivity contribution is 6.32. The first-order valence-electron chi connectivity index (χ1n) is 5.88. The van der Waals surface area contributed by atoms with Crippen molar-refractivity contribution in [1.82, 2.24) is 4.98 Å². The number of ether oxygens (including phenoxy) is 1. The molecule has 0 saturated carbocycles. The zero-order valence-electron chi connectivity index (χ0n) is 10.5. The molecule has 102 valence electrons. The second-order valence-electron chi connectivity index (χ2n) is 3.97. The van der Waals surface area contributed by atoms with Crippen molar-refractivity contribution in [3.8, 4) is 5.75 Å². The van der Waals surface area contributed by atoms with Crippen LogP contribution in [0.25, 0.3) is 6.08 Å². The highest BCUT2D eigenvalue weighted by Crippen LogP contribution is 2.28. The number of carboxylic acid groups (broad SMARTS) is 1. The summed E-state index contributed by atoms with van der Waals surface area (Å²) in [7, 11) is 0. The second kappa shape index (κ2) is 6.73. The Balaban J connectivity index is 2.19. The lowest BCUT2D eigenvalue weighted by molar-refractivity contribution is -0.131. The fourth-order valence-corrected chi connectivity index (χ4v) is 1.83. The highest BCUT2D eigenvalue weighted by atomic mass is 35.5. The van der Waals surface area contributed by atoms with Crippen molar-refractivity contribution >= 4 is 23.6 Å². The zero-order chi connectivity index (χ0) is 14.4. The SMILES string of the molecule is O=C(O)/C=C/c1c(Cl)cccc1OCc1cccnc1. The van der Waals surface area contributed by atoms with E-state index < -0.39 is 5.97 Å². The predicted octanol–water partition coefficient (Wildman–Crippen LogP) is 3.41. The number of nitrogens with zero attached hydrogens (tertiary/aromatic N) is 1. The van der Waals surface area contributed by atoms with Gasteiger partial charge < -0.3 is 9.84 Å². The van der Waals surface area contributed by atoms with Crippen LogP contribution in [0.3, 0.4) is 0 Å². The van der Waals surface area contributed by atoms with E-state index in [0.717, 1.165) is 11.6 Å². The molecule has 1 N–H and O–H groups in total. The van der Waals surface area contributed by atoms with Crippen molar-refractivity contribution in [1.29, 1.82) is 0 Å². The van der Waals surface area contributed by atoms with E-state index >= 15 is 0 Å². The summed E-state index contributed by atoms with van der Waals surface area (Å²) in [4.78, 5) is 14.6. The maximum Gasteiger partial charge on any atom is 0.328 e. The fourth-order valence-electron chi connectivity index (χ4n) is 1.60. The lowest BCUT2D eigenvalue weighted by Gasteiger charge is -2.10. The predicted molar refractivity (Wildman–Crippen MR) is 76.7 cm³/mol. The van der Waals surface area contributed by atoms with Crippen LogP contribution in [0.1, 0.15) is 11.1 Å².